The van der Waals surface area contributed by atoms with E-state index >= 15 is 0 Å². The van der Waals surface area contributed by atoms with Crippen LogP contribution in [-0.2, 0) is 23.0 Å². The fourth-order valence-corrected chi connectivity index (χ4v) is 4.29. The van der Waals surface area contributed by atoms with E-state index in [9.17, 15) is 8.42 Å². The van der Waals surface area contributed by atoms with Gasteiger partial charge in [0.05, 0.1) is 4.90 Å². The van der Waals surface area contributed by atoms with Crippen molar-refractivity contribution >= 4 is 37.8 Å². The summed E-state index contributed by atoms with van der Waals surface area (Å²) in [5.41, 5.74) is 5.46. The van der Waals surface area contributed by atoms with Crippen molar-refractivity contribution in [2.75, 3.05) is 4.72 Å². The van der Waals surface area contributed by atoms with Crippen LogP contribution in [0.4, 0.5) is 5.13 Å². The molecule has 0 amide bonds. The molecule has 2 heterocycles. The number of aromatic nitrogens is 2. The maximum atomic E-state index is 12.0. The molecule has 0 aromatic carbocycles. The SMILES string of the molecule is CCc1nnc(NS(=O)(=O)c2csc(CN)c2)s1. The van der Waals surface area contributed by atoms with Crippen molar-refractivity contribution in [3.63, 3.8) is 0 Å². The van der Waals surface area contributed by atoms with Crippen molar-refractivity contribution in [3.8, 4) is 0 Å². The Labute approximate surface area is 113 Å². The van der Waals surface area contributed by atoms with Crippen LogP contribution >= 0.6 is 22.7 Å². The normalized spacial score (nSPS) is 11.7. The van der Waals surface area contributed by atoms with Gasteiger partial charge < -0.3 is 5.73 Å². The standard InChI is InChI=1S/C9H12N4O2S3/c1-2-8-11-12-9(17-8)13-18(14,15)7-3-6(4-10)16-5-7/h3,5H,2,4,10H2,1H3,(H,12,13). The third-order valence-corrected chi connectivity index (χ3v) is 5.67. The number of sulfonamides is 1. The summed E-state index contributed by atoms with van der Waals surface area (Å²) in [6.45, 7) is 2.27. The van der Waals surface area contributed by atoms with Crippen molar-refractivity contribution in [1.82, 2.24) is 10.2 Å². The summed E-state index contributed by atoms with van der Waals surface area (Å²) in [6, 6.07) is 1.56. The largest absolute Gasteiger partial charge is 0.326 e. The molecule has 9 heteroatoms. The molecule has 2 aromatic rings. The Morgan fingerprint density at radius 2 is 2.22 bits per heavy atom. The van der Waals surface area contributed by atoms with Gasteiger partial charge in [0, 0.05) is 16.8 Å². The topological polar surface area (TPSA) is 98.0 Å². The van der Waals surface area contributed by atoms with Crippen LogP contribution in [0.3, 0.4) is 0 Å². The minimum Gasteiger partial charge on any atom is -0.326 e. The van der Waals surface area contributed by atoms with Gasteiger partial charge in [-0.05, 0) is 12.5 Å². The highest BCUT2D eigenvalue weighted by molar-refractivity contribution is 7.93. The van der Waals surface area contributed by atoms with E-state index in [-0.39, 0.29) is 10.0 Å². The molecule has 0 saturated heterocycles. The second-order valence-corrected chi connectivity index (χ2v) is 7.15. The molecular weight excluding hydrogens is 292 g/mol. The first-order valence-electron chi connectivity index (χ1n) is 5.18. The van der Waals surface area contributed by atoms with Crippen LogP contribution < -0.4 is 10.5 Å². The Bertz CT molecular complexity index is 632. The number of nitrogens with one attached hydrogen (secondary N) is 1. The van der Waals surface area contributed by atoms with Gasteiger partial charge in [0.2, 0.25) is 5.13 Å². The molecule has 3 N–H and O–H groups in total. The average Bonchev–Trinajstić information content (AvgIpc) is 2.96. The van der Waals surface area contributed by atoms with E-state index in [1.807, 2.05) is 6.92 Å². The van der Waals surface area contributed by atoms with E-state index in [1.165, 1.54) is 22.7 Å². The highest BCUT2D eigenvalue weighted by atomic mass is 32.2. The highest BCUT2D eigenvalue weighted by Gasteiger charge is 2.18. The second-order valence-electron chi connectivity index (χ2n) is 3.41. The molecule has 0 saturated carbocycles. The van der Waals surface area contributed by atoms with Crippen molar-refractivity contribution in [2.24, 2.45) is 5.73 Å². The quantitative estimate of drug-likeness (QED) is 0.870. The van der Waals surface area contributed by atoms with E-state index < -0.39 is 10.0 Å². The Morgan fingerprint density at radius 3 is 2.78 bits per heavy atom. The fourth-order valence-electron chi connectivity index (χ4n) is 1.22. The summed E-state index contributed by atoms with van der Waals surface area (Å²) < 4.78 is 26.5. The summed E-state index contributed by atoms with van der Waals surface area (Å²) in [6.07, 6.45) is 0.731. The summed E-state index contributed by atoms with van der Waals surface area (Å²) in [5, 5.41) is 10.3. The van der Waals surface area contributed by atoms with E-state index in [2.05, 4.69) is 14.9 Å². The van der Waals surface area contributed by atoms with Gasteiger partial charge in [-0.1, -0.05) is 18.3 Å². The predicted octanol–water partition coefficient (Wildman–Crippen LogP) is 1.42. The molecule has 0 aliphatic carbocycles. The van der Waals surface area contributed by atoms with Gasteiger partial charge in [0.15, 0.2) is 0 Å². The Balaban J connectivity index is 2.21. The highest BCUT2D eigenvalue weighted by Crippen LogP contribution is 2.23. The molecule has 6 nitrogen and oxygen atoms in total. The van der Waals surface area contributed by atoms with Gasteiger partial charge >= 0.3 is 0 Å². The van der Waals surface area contributed by atoms with Crippen molar-refractivity contribution < 1.29 is 8.42 Å². The van der Waals surface area contributed by atoms with Crippen LogP contribution in [-0.4, -0.2) is 18.6 Å². The number of aryl methyl sites for hydroxylation is 1. The lowest BCUT2D eigenvalue weighted by Gasteiger charge is -2.00. The Hall–Kier alpha value is -1.03. The molecule has 98 valence electrons. The molecule has 0 atom stereocenters. The molecule has 0 aliphatic heterocycles. The van der Waals surface area contributed by atoms with Gasteiger partial charge in [-0.2, -0.15) is 0 Å². The number of hydrogen-bond acceptors (Lipinski definition) is 7. The zero-order chi connectivity index (χ0) is 13.2. The van der Waals surface area contributed by atoms with E-state index in [4.69, 9.17) is 5.73 Å². The van der Waals surface area contributed by atoms with Crippen LogP contribution in [0.2, 0.25) is 0 Å². The van der Waals surface area contributed by atoms with Crippen LogP contribution in [0, 0.1) is 0 Å². The van der Waals surface area contributed by atoms with Gasteiger partial charge in [0.25, 0.3) is 10.0 Å². The van der Waals surface area contributed by atoms with E-state index in [1.54, 1.807) is 11.4 Å². The zero-order valence-corrected chi connectivity index (χ0v) is 12.0. The lowest BCUT2D eigenvalue weighted by molar-refractivity contribution is 0.601. The molecule has 0 unspecified atom stereocenters. The molecule has 0 spiro atoms. The van der Waals surface area contributed by atoms with Crippen molar-refractivity contribution in [2.45, 2.75) is 24.8 Å². The smallest absolute Gasteiger partial charge is 0.264 e. The third-order valence-electron chi connectivity index (χ3n) is 2.13. The maximum absolute atomic E-state index is 12.0. The molecule has 18 heavy (non-hydrogen) atoms. The monoisotopic (exact) mass is 304 g/mol. The zero-order valence-electron chi connectivity index (χ0n) is 9.58. The lowest BCUT2D eigenvalue weighted by Crippen LogP contribution is -2.11. The van der Waals surface area contributed by atoms with E-state index in [0.29, 0.717) is 6.54 Å². The van der Waals surface area contributed by atoms with Crippen LogP contribution in [0.15, 0.2) is 16.3 Å². The summed E-state index contributed by atoms with van der Waals surface area (Å²) in [7, 11) is -3.58. The van der Waals surface area contributed by atoms with Crippen molar-refractivity contribution in [3.05, 3.63) is 21.3 Å². The minimum absolute atomic E-state index is 0.209. The Morgan fingerprint density at radius 1 is 1.44 bits per heavy atom. The van der Waals surface area contributed by atoms with Gasteiger partial charge in [-0.25, -0.2) is 8.42 Å². The number of nitrogens with zero attached hydrogens (tertiary/aromatic N) is 2. The molecule has 0 fully saturated rings. The Kier molecular flexibility index (Phi) is 3.95. The van der Waals surface area contributed by atoms with Crippen LogP contribution in [0.5, 0.6) is 0 Å². The number of anilines is 1. The first-order valence-corrected chi connectivity index (χ1v) is 8.35. The maximum Gasteiger partial charge on any atom is 0.264 e. The molecular formula is C9H12N4O2S3. The van der Waals surface area contributed by atoms with Crippen LogP contribution in [0.1, 0.15) is 16.8 Å². The van der Waals surface area contributed by atoms with E-state index in [0.717, 1.165) is 16.3 Å². The number of hydrogen-bond donors (Lipinski definition) is 2. The third kappa shape index (κ3) is 2.86. The van der Waals surface area contributed by atoms with Crippen LogP contribution in [0.25, 0.3) is 0 Å². The fraction of sp³-hybridized carbons (Fsp3) is 0.333. The van der Waals surface area contributed by atoms with Gasteiger partial charge in [-0.15, -0.1) is 21.5 Å². The molecule has 2 aromatic heterocycles. The molecule has 0 aliphatic rings. The number of thiophene rings is 1. The molecule has 0 bridgehead atoms. The predicted molar refractivity (Wildman–Crippen MR) is 72.3 cm³/mol. The first-order chi connectivity index (χ1) is 8.55. The number of nitrogens with two attached hydrogens (primary N) is 1. The van der Waals surface area contributed by atoms with Crippen molar-refractivity contribution in [1.29, 1.82) is 0 Å². The summed E-state index contributed by atoms with van der Waals surface area (Å²) >= 11 is 2.55. The average molecular weight is 304 g/mol. The van der Waals surface area contributed by atoms with Gasteiger partial charge in [0.1, 0.15) is 5.01 Å². The molecule has 2 rings (SSSR count). The molecule has 0 radical (unpaired) electrons. The summed E-state index contributed by atoms with van der Waals surface area (Å²) in [4.78, 5) is 1.03. The van der Waals surface area contributed by atoms with Gasteiger partial charge in [-0.3, -0.25) is 4.72 Å². The summed E-state index contributed by atoms with van der Waals surface area (Å²) in [5.74, 6) is 0. The first kappa shape index (κ1) is 13.4. The lowest BCUT2D eigenvalue weighted by atomic mass is 10.5. The second kappa shape index (κ2) is 5.31. The minimum atomic E-state index is -3.58. The number of rotatable bonds is 5.